The van der Waals surface area contributed by atoms with Crippen molar-refractivity contribution < 1.29 is 9.21 Å². The second-order valence-corrected chi connectivity index (χ2v) is 8.51. The number of amides is 1. The number of halogens is 2. The predicted octanol–water partition coefficient (Wildman–Crippen LogP) is 5.57. The maximum atomic E-state index is 11.4. The standard InChI is InChI=1S/C21H18Cl2N6O2S/c1-3-29-19(13-5-4-6-15(9-13)24-12(2)30)26-28-21(29)32-11-18-25-27-20(31-18)16-8-7-14(22)10-17(16)23/h4-10H,3,11H2,1-2H3,(H,24,30). The van der Waals surface area contributed by atoms with Gasteiger partial charge in [-0.3, -0.25) is 4.79 Å². The quantitative estimate of drug-likeness (QED) is 0.339. The normalized spacial score (nSPS) is 11.0. The molecule has 0 aliphatic rings. The molecule has 0 aliphatic heterocycles. The maximum Gasteiger partial charge on any atom is 0.249 e. The van der Waals surface area contributed by atoms with Crippen molar-refractivity contribution in [3.63, 3.8) is 0 Å². The molecular weight excluding hydrogens is 471 g/mol. The van der Waals surface area contributed by atoms with Crippen molar-refractivity contribution in [2.75, 3.05) is 5.32 Å². The fourth-order valence-corrected chi connectivity index (χ4v) is 4.37. The number of anilines is 1. The van der Waals surface area contributed by atoms with Crippen molar-refractivity contribution >= 4 is 46.6 Å². The van der Waals surface area contributed by atoms with Gasteiger partial charge >= 0.3 is 0 Å². The molecule has 8 nitrogen and oxygen atoms in total. The van der Waals surface area contributed by atoms with Crippen LogP contribution in [-0.2, 0) is 17.1 Å². The summed E-state index contributed by atoms with van der Waals surface area (Å²) in [5.41, 5.74) is 2.18. The Kier molecular flexibility index (Phi) is 6.78. The van der Waals surface area contributed by atoms with Gasteiger partial charge in [0.15, 0.2) is 11.0 Å². The Morgan fingerprint density at radius 3 is 2.72 bits per heavy atom. The van der Waals surface area contributed by atoms with Crippen LogP contribution >= 0.6 is 35.0 Å². The first kappa shape index (κ1) is 22.3. The molecule has 2 aromatic heterocycles. The lowest BCUT2D eigenvalue weighted by atomic mass is 10.2. The summed E-state index contributed by atoms with van der Waals surface area (Å²) in [5, 5.41) is 21.3. The monoisotopic (exact) mass is 488 g/mol. The van der Waals surface area contributed by atoms with Gasteiger partial charge in [0.1, 0.15) is 0 Å². The van der Waals surface area contributed by atoms with Gasteiger partial charge in [0.05, 0.1) is 16.3 Å². The minimum Gasteiger partial charge on any atom is -0.420 e. The fraction of sp³-hybridized carbons (Fsp3) is 0.190. The molecule has 0 saturated carbocycles. The summed E-state index contributed by atoms with van der Waals surface area (Å²) < 4.78 is 7.75. The Balaban J connectivity index is 1.51. The first-order valence-electron chi connectivity index (χ1n) is 9.66. The predicted molar refractivity (Wildman–Crippen MR) is 125 cm³/mol. The summed E-state index contributed by atoms with van der Waals surface area (Å²) in [4.78, 5) is 11.4. The van der Waals surface area contributed by atoms with E-state index in [2.05, 4.69) is 25.7 Å². The summed E-state index contributed by atoms with van der Waals surface area (Å²) in [6.07, 6.45) is 0. The highest BCUT2D eigenvalue weighted by molar-refractivity contribution is 7.98. The molecule has 32 heavy (non-hydrogen) atoms. The van der Waals surface area contributed by atoms with E-state index in [9.17, 15) is 4.79 Å². The van der Waals surface area contributed by atoms with E-state index in [4.69, 9.17) is 27.6 Å². The molecule has 0 aliphatic carbocycles. The Labute approximate surface area is 198 Å². The van der Waals surface area contributed by atoms with E-state index in [1.807, 2.05) is 35.8 Å². The van der Waals surface area contributed by atoms with Gasteiger partial charge in [-0.2, -0.15) is 0 Å². The van der Waals surface area contributed by atoms with Crippen LogP contribution in [0, 0.1) is 0 Å². The van der Waals surface area contributed by atoms with Gasteiger partial charge in [-0.15, -0.1) is 20.4 Å². The van der Waals surface area contributed by atoms with E-state index in [0.717, 1.165) is 10.7 Å². The minimum atomic E-state index is -0.130. The molecule has 0 unspecified atom stereocenters. The van der Waals surface area contributed by atoms with Gasteiger partial charge in [-0.1, -0.05) is 47.1 Å². The molecule has 1 N–H and O–H groups in total. The second kappa shape index (κ2) is 9.72. The number of benzene rings is 2. The number of hydrogen-bond acceptors (Lipinski definition) is 7. The molecule has 2 heterocycles. The van der Waals surface area contributed by atoms with Gasteiger partial charge in [-0.05, 0) is 37.3 Å². The molecule has 2 aromatic carbocycles. The Hall–Kier alpha value is -2.88. The Morgan fingerprint density at radius 1 is 1.12 bits per heavy atom. The molecule has 0 atom stereocenters. The number of aromatic nitrogens is 5. The van der Waals surface area contributed by atoms with Crippen molar-refractivity contribution in [2.24, 2.45) is 0 Å². The number of hydrogen-bond donors (Lipinski definition) is 1. The summed E-state index contributed by atoms with van der Waals surface area (Å²) in [6.45, 7) is 4.16. The second-order valence-electron chi connectivity index (χ2n) is 6.73. The summed E-state index contributed by atoms with van der Waals surface area (Å²) in [7, 11) is 0. The molecule has 0 fully saturated rings. The van der Waals surface area contributed by atoms with Gasteiger partial charge < -0.3 is 14.3 Å². The van der Waals surface area contributed by atoms with Crippen LogP contribution in [0.25, 0.3) is 22.8 Å². The van der Waals surface area contributed by atoms with Crippen LogP contribution in [-0.4, -0.2) is 30.9 Å². The number of carbonyl (C=O) groups is 1. The zero-order valence-electron chi connectivity index (χ0n) is 17.2. The van der Waals surface area contributed by atoms with Crippen LogP contribution in [0.5, 0.6) is 0 Å². The molecule has 4 rings (SSSR count). The van der Waals surface area contributed by atoms with Gasteiger partial charge in [-0.25, -0.2) is 0 Å². The topological polar surface area (TPSA) is 98.7 Å². The molecule has 0 radical (unpaired) electrons. The summed E-state index contributed by atoms with van der Waals surface area (Å²) in [5.74, 6) is 1.77. The molecule has 4 aromatic rings. The van der Waals surface area contributed by atoms with E-state index in [1.54, 1.807) is 18.2 Å². The van der Waals surface area contributed by atoms with E-state index in [1.165, 1.54) is 18.7 Å². The molecule has 0 spiro atoms. The SMILES string of the molecule is CCn1c(SCc2nnc(-c3ccc(Cl)cc3Cl)o2)nnc1-c1cccc(NC(C)=O)c1. The van der Waals surface area contributed by atoms with Gasteiger partial charge in [0, 0.05) is 29.7 Å². The number of rotatable bonds is 7. The van der Waals surface area contributed by atoms with E-state index in [0.29, 0.717) is 51.2 Å². The van der Waals surface area contributed by atoms with Crippen molar-refractivity contribution in [1.82, 2.24) is 25.0 Å². The average molecular weight is 489 g/mol. The molecule has 0 bridgehead atoms. The number of thioether (sulfide) groups is 1. The minimum absolute atomic E-state index is 0.130. The van der Waals surface area contributed by atoms with E-state index >= 15 is 0 Å². The van der Waals surface area contributed by atoms with E-state index < -0.39 is 0 Å². The smallest absolute Gasteiger partial charge is 0.249 e. The van der Waals surface area contributed by atoms with E-state index in [-0.39, 0.29) is 5.91 Å². The highest BCUT2D eigenvalue weighted by Gasteiger charge is 2.17. The Bertz CT molecular complexity index is 1270. The maximum absolute atomic E-state index is 11.4. The summed E-state index contributed by atoms with van der Waals surface area (Å²) >= 11 is 13.6. The number of nitrogens with one attached hydrogen (secondary N) is 1. The average Bonchev–Trinajstić information content (AvgIpc) is 3.38. The third-order valence-electron chi connectivity index (χ3n) is 4.43. The zero-order valence-corrected chi connectivity index (χ0v) is 19.5. The van der Waals surface area contributed by atoms with Crippen LogP contribution in [0.15, 0.2) is 52.0 Å². The van der Waals surface area contributed by atoms with Crippen molar-refractivity contribution in [3.8, 4) is 22.8 Å². The van der Waals surface area contributed by atoms with Crippen LogP contribution in [0.4, 0.5) is 5.69 Å². The first-order valence-corrected chi connectivity index (χ1v) is 11.4. The molecule has 0 saturated heterocycles. The summed E-state index contributed by atoms with van der Waals surface area (Å²) in [6, 6.07) is 12.6. The molecule has 1 amide bonds. The third-order valence-corrected chi connectivity index (χ3v) is 5.93. The van der Waals surface area contributed by atoms with Crippen molar-refractivity contribution in [3.05, 3.63) is 58.4 Å². The molecule has 11 heteroatoms. The van der Waals surface area contributed by atoms with Crippen molar-refractivity contribution in [1.29, 1.82) is 0 Å². The van der Waals surface area contributed by atoms with Crippen LogP contribution < -0.4 is 5.32 Å². The van der Waals surface area contributed by atoms with Crippen LogP contribution in [0.3, 0.4) is 0 Å². The lowest BCUT2D eigenvalue weighted by Gasteiger charge is -2.08. The highest BCUT2D eigenvalue weighted by atomic mass is 35.5. The molecular formula is C21H18Cl2N6O2S. The molecule has 164 valence electrons. The number of nitrogens with zero attached hydrogens (tertiary/aromatic N) is 5. The van der Waals surface area contributed by atoms with Crippen LogP contribution in [0.2, 0.25) is 10.0 Å². The fourth-order valence-electron chi connectivity index (χ4n) is 3.04. The Morgan fingerprint density at radius 2 is 1.97 bits per heavy atom. The zero-order chi connectivity index (χ0) is 22.7. The largest absolute Gasteiger partial charge is 0.420 e. The van der Waals surface area contributed by atoms with Crippen molar-refractivity contribution in [2.45, 2.75) is 31.3 Å². The lowest BCUT2D eigenvalue weighted by Crippen LogP contribution is -2.06. The first-order chi connectivity index (χ1) is 15.4. The third kappa shape index (κ3) is 4.95. The lowest BCUT2D eigenvalue weighted by molar-refractivity contribution is -0.114. The highest BCUT2D eigenvalue weighted by Crippen LogP contribution is 2.31. The van der Waals surface area contributed by atoms with Gasteiger partial charge in [0.25, 0.3) is 0 Å². The van der Waals surface area contributed by atoms with Crippen LogP contribution in [0.1, 0.15) is 19.7 Å². The van der Waals surface area contributed by atoms with Gasteiger partial charge in [0.2, 0.25) is 17.7 Å². The number of carbonyl (C=O) groups excluding carboxylic acids is 1.